The number of sulfonamides is 1. The normalized spacial score (nSPS) is 22.4. The summed E-state index contributed by atoms with van der Waals surface area (Å²) in [6, 6.07) is 2.84. The summed E-state index contributed by atoms with van der Waals surface area (Å²) in [5.41, 5.74) is 0. The van der Waals surface area contributed by atoms with E-state index < -0.39 is 25.9 Å². The molecule has 9 heteroatoms. The van der Waals surface area contributed by atoms with Gasteiger partial charge in [-0.25, -0.2) is 16.8 Å². The Labute approximate surface area is 128 Å². The second-order valence-corrected chi connectivity index (χ2v) is 10.7. The van der Waals surface area contributed by atoms with Gasteiger partial charge in [-0.05, 0) is 25.0 Å². The first-order valence-corrected chi connectivity index (χ1v) is 10.7. The minimum Gasteiger partial charge on any atom is -0.229 e. The van der Waals surface area contributed by atoms with E-state index in [2.05, 4.69) is 0 Å². The van der Waals surface area contributed by atoms with Crippen molar-refractivity contribution in [3.63, 3.8) is 0 Å². The third kappa shape index (κ3) is 3.36. The van der Waals surface area contributed by atoms with Crippen molar-refractivity contribution in [3.8, 4) is 0 Å². The van der Waals surface area contributed by atoms with Crippen LogP contribution in [0.25, 0.3) is 0 Å². The molecule has 1 atom stereocenters. The fraction of sp³-hybridized carbons (Fsp3) is 0.636. The van der Waals surface area contributed by atoms with Crippen molar-refractivity contribution >= 4 is 42.8 Å². The van der Waals surface area contributed by atoms with Gasteiger partial charge >= 0.3 is 0 Å². The molecule has 0 saturated carbocycles. The summed E-state index contributed by atoms with van der Waals surface area (Å²) >= 11 is 6.83. The van der Waals surface area contributed by atoms with Gasteiger partial charge in [-0.2, -0.15) is 4.31 Å². The van der Waals surface area contributed by atoms with Gasteiger partial charge in [-0.3, -0.25) is 0 Å². The van der Waals surface area contributed by atoms with Gasteiger partial charge in [0.15, 0.2) is 9.84 Å². The van der Waals surface area contributed by atoms with E-state index in [1.807, 2.05) is 0 Å². The zero-order chi connectivity index (χ0) is 15.0. The van der Waals surface area contributed by atoms with Gasteiger partial charge < -0.3 is 0 Å². The van der Waals surface area contributed by atoms with Crippen LogP contribution in [-0.2, 0) is 26.3 Å². The third-order valence-corrected chi connectivity index (χ3v) is 8.80. The van der Waals surface area contributed by atoms with Gasteiger partial charge in [0.05, 0.1) is 11.5 Å². The summed E-state index contributed by atoms with van der Waals surface area (Å²) in [5.74, 6) is 0.402. The van der Waals surface area contributed by atoms with E-state index in [4.69, 9.17) is 11.6 Å². The summed E-state index contributed by atoms with van der Waals surface area (Å²) in [4.78, 5) is 0.908. The second-order valence-electron chi connectivity index (χ2n) is 4.74. The van der Waals surface area contributed by atoms with Crippen molar-refractivity contribution in [2.24, 2.45) is 0 Å². The number of thiophene rings is 1. The molecule has 5 nitrogen and oxygen atoms in total. The first-order valence-electron chi connectivity index (χ1n) is 6.09. The van der Waals surface area contributed by atoms with Crippen LogP contribution in [0.5, 0.6) is 0 Å². The van der Waals surface area contributed by atoms with Crippen LogP contribution in [0.1, 0.15) is 11.3 Å². The van der Waals surface area contributed by atoms with Gasteiger partial charge in [0.1, 0.15) is 4.21 Å². The molecule has 0 radical (unpaired) electrons. The number of rotatable bonds is 5. The largest absolute Gasteiger partial charge is 0.252 e. The van der Waals surface area contributed by atoms with Crippen molar-refractivity contribution in [2.45, 2.75) is 23.1 Å². The first-order chi connectivity index (χ1) is 9.26. The molecule has 114 valence electrons. The smallest absolute Gasteiger partial charge is 0.229 e. The summed E-state index contributed by atoms with van der Waals surface area (Å²) < 4.78 is 49.3. The average Bonchev–Trinajstić information content (AvgIpc) is 2.95. The van der Waals surface area contributed by atoms with E-state index in [1.54, 1.807) is 12.1 Å². The van der Waals surface area contributed by atoms with E-state index >= 15 is 0 Å². The maximum Gasteiger partial charge on any atom is 0.252 e. The Morgan fingerprint density at radius 3 is 2.70 bits per heavy atom. The Balaban J connectivity index is 2.21. The topological polar surface area (TPSA) is 71.5 Å². The zero-order valence-electron chi connectivity index (χ0n) is 11.0. The highest BCUT2D eigenvalue weighted by Crippen LogP contribution is 2.28. The van der Waals surface area contributed by atoms with Crippen molar-refractivity contribution < 1.29 is 16.8 Å². The Kier molecular flexibility index (Phi) is 4.80. The van der Waals surface area contributed by atoms with Crippen LogP contribution < -0.4 is 0 Å². The van der Waals surface area contributed by atoms with E-state index in [0.717, 1.165) is 4.88 Å². The highest BCUT2D eigenvalue weighted by atomic mass is 35.5. The molecule has 1 aliphatic heterocycles. The van der Waals surface area contributed by atoms with Gasteiger partial charge in [-0.15, -0.1) is 22.9 Å². The summed E-state index contributed by atoms with van der Waals surface area (Å²) in [6.07, 6.45) is 0.987. The third-order valence-electron chi connectivity index (χ3n) is 3.33. The van der Waals surface area contributed by atoms with Crippen molar-refractivity contribution in [1.29, 1.82) is 0 Å². The molecule has 2 rings (SSSR count). The molecule has 0 spiro atoms. The van der Waals surface area contributed by atoms with Crippen molar-refractivity contribution in [1.82, 2.24) is 4.31 Å². The highest BCUT2D eigenvalue weighted by Gasteiger charge is 2.36. The molecule has 0 N–H and O–H groups in total. The van der Waals surface area contributed by atoms with Crippen LogP contribution in [0.3, 0.4) is 0 Å². The molecule has 2 heterocycles. The molecule has 1 aromatic rings. The zero-order valence-corrected chi connectivity index (χ0v) is 14.2. The Hall–Kier alpha value is -0.150. The lowest BCUT2D eigenvalue weighted by atomic mass is 10.3. The summed E-state index contributed by atoms with van der Waals surface area (Å²) in [6.45, 7) is 0. The molecular weight excluding hydrogens is 342 g/mol. The predicted octanol–water partition coefficient (Wildman–Crippen LogP) is 1.34. The van der Waals surface area contributed by atoms with Crippen LogP contribution in [0.15, 0.2) is 16.3 Å². The molecule has 1 aliphatic rings. The lowest BCUT2D eigenvalue weighted by molar-refractivity contribution is 0.395. The lowest BCUT2D eigenvalue weighted by Crippen LogP contribution is -2.37. The number of sulfone groups is 1. The molecule has 0 aromatic carbocycles. The van der Waals surface area contributed by atoms with Crippen LogP contribution >= 0.6 is 22.9 Å². The molecule has 20 heavy (non-hydrogen) atoms. The average molecular weight is 358 g/mol. The summed E-state index contributed by atoms with van der Waals surface area (Å²) in [5, 5.41) is 0. The Bertz CT molecular complexity index is 680. The van der Waals surface area contributed by atoms with E-state index in [9.17, 15) is 16.8 Å². The molecular formula is C11H16ClNO4S3. The monoisotopic (exact) mass is 357 g/mol. The summed E-state index contributed by atoms with van der Waals surface area (Å²) in [7, 11) is -5.29. The maximum absolute atomic E-state index is 12.5. The maximum atomic E-state index is 12.5. The molecule has 0 amide bonds. The number of halogens is 1. The molecule has 1 unspecified atom stereocenters. The number of hydrogen-bond donors (Lipinski definition) is 0. The SMILES string of the molecule is CN(C1CCS(=O)(=O)C1)S(=O)(=O)c1ccc(CCCl)s1. The standard InChI is InChI=1S/C11H16ClNO4S3/c1-13(9-5-7-19(14,15)8-9)20(16,17)11-3-2-10(18-11)4-6-12/h2-3,9H,4-8H2,1H3. The van der Waals surface area contributed by atoms with E-state index in [0.29, 0.717) is 18.7 Å². The first kappa shape index (κ1) is 16.2. The molecule has 1 aromatic heterocycles. The van der Waals surface area contributed by atoms with Crippen molar-refractivity contribution in [3.05, 3.63) is 17.0 Å². The van der Waals surface area contributed by atoms with Crippen LogP contribution in [0.2, 0.25) is 0 Å². The number of hydrogen-bond acceptors (Lipinski definition) is 5. The second kappa shape index (κ2) is 5.92. The van der Waals surface area contributed by atoms with Crippen LogP contribution in [0, 0.1) is 0 Å². The van der Waals surface area contributed by atoms with Gasteiger partial charge in [0, 0.05) is 23.8 Å². The molecule has 0 bridgehead atoms. The molecule has 1 saturated heterocycles. The highest BCUT2D eigenvalue weighted by molar-refractivity contribution is 7.92. The fourth-order valence-corrected chi connectivity index (χ4v) is 7.24. The number of nitrogens with zero attached hydrogens (tertiary/aromatic N) is 1. The van der Waals surface area contributed by atoms with E-state index in [1.165, 1.54) is 22.7 Å². The molecule has 0 aliphatic carbocycles. The number of aryl methyl sites for hydroxylation is 1. The number of alkyl halides is 1. The Morgan fingerprint density at radius 1 is 1.45 bits per heavy atom. The van der Waals surface area contributed by atoms with Crippen molar-refractivity contribution in [2.75, 3.05) is 24.4 Å². The minimum atomic E-state index is -3.63. The van der Waals surface area contributed by atoms with E-state index in [-0.39, 0.29) is 15.7 Å². The van der Waals surface area contributed by atoms with Gasteiger partial charge in [0.2, 0.25) is 0 Å². The van der Waals surface area contributed by atoms with Gasteiger partial charge in [-0.1, -0.05) is 0 Å². The predicted molar refractivity (Wildman–Crippen MR) is 80.8 cm³/mol. The molecule has 1 fully saturated rings. The Morgan fingerprint density at radius 2 is 2.15 bits per heavy atom. The minimum absolute atomic E-state index is 0.0550. The van der Waals surface area contributed by atoms with Crippen LogP contribution in [0.4, 0.5) is 0 Å². The van der Waals surface area contributed by atoms with Crippen LogP contribution in [-0.4, -0.2) is 51.6 Å². The lowest BCUT2D eigenvalue weighted by Gasteiger charge is -2.21. The van der Waals surface area contributed by atoms with Gasteiger partial charge in [0.25, 0.3) is 10.0 Å². The fourth-order valence-electron chi connectivity index (χ4n) is 2.12. The quantitative estimate of drug-likeness (QED) is 0.745.